The molecule has 0 saturated heterocycles. The molecule has 16 heavy (non-hydrogen) atoms. The van der Waals surface area contributed by atoms with Crippen LogP contribution in [0.1, 0.15) is 77.7 Å². The first-order valence-corrected chi connectivity index (χ1v) is 6.56. The van der Waals surface area contributed by atoms with Crippen LogP contribution in [-0.2, 0) is 5.41 Å². The highest BCUT2D eigenvalue weighted by Gasteiger charge is 2.23. The number of rotatable bonds is 6. The van der Waals surface area contributed by atoms with E-state index in [1.54, 1.807) is 0 Å². The Kier molecular flexibility index (Phi) is 4.57. The number of nitrogens with one attached hydrogen (secondary N) is 1. The fourth-order valence-corrected chi connectivity index (χ4v) is 2.26. The SMILES string of the molecule is CCCC(C)c1cnc(C(C)(C)CCC)[nH]1. The van der Waals surface area contributed by atoms with E-state index in [1.807, 2.05) is 6.20 Å². The van der Waals surface area contributed by atoms with Crippen molar-refractivity contribution in [1.29, 1.82) is 0 Å². The standard InChI is InChI=1S/C14H26N2/c1-6-8-11(3)12-10-15-13(16-12)14(4,5)9-7-2/h10-11H,6-9H2,1-5H3,(H,15,16). The fourth-order valence-electron chi connectivity index (χ4n) is 2.26. The van der Waals surface area contributed by atoms with Gasteiger partial charge in [0.25, 0.3) is 0 Å². The maximum Gasteiger partial charge on any atom is 0.111 e. The first kappa shape index (κ1) is 13.3. The lowest BCUT2D eigenvalue weighted by molar-refractivity contribution is 0.447. The Morgan fingerprint density at radius 1 is 1.31 bits per heavy atom. The molecule has 2 nitrogen and oxygen atoms in total. The number of aromatic amines is 1. The van der Waals surface area contributed by atoms with Gasteiger partial charge < -0.3 is 4.98 Å². The normalized spacial score (nSPS) is 14.1. The quantitative estimate of drug-likeness (QED) is 0.759. The molecule has 0 amide bonds. The Labute approximate surface area is 99.9 Å². The third-order valence-electron chi connectivity index (χ3n) is 3.36. The summed E-state index contributed by atoms with van der Waals surface area (Å²) in [5.41, 5.74) is 1.47. The first-order chi connectivity index (χ1) is 7.51. The van der Waals surface area contributed by atoms with Gasteiger partial charge in [-0.15, -0.1) is 0 Å². The van der Waals surface area contributed by atoms with Crippen molar-refractivity contribution in [2.24, 2.45) is 0 Å². The molecule has 92 valence electrons. The zero-order valence-corrected chi connectivity index (χ0v) is 11.4. The lowest BCUT2D eigenvalue weighted by Gasteiger charge is -2.21. The van der Waals surface area contributed by atoms with Gasteiger partial charge in [-0.1, -0.05) is 47.5 Å². The van der Waals surface area contributed by atoms with Crippen LogP contribution in [0, 0.1) is 0 Å². The molecule has 1 N–H and O–H groups in total. The summed E-state index contributed by atoms with van der Waals surface area (Å²) in [6.45, 7) is 11.3. The van der Waals surface area contributed by atoms with E-state index >= 15 is 0 Å². The second-order valence-corrected chi connectivity index (χ2v) is 5.51. The average Bonchev–Trinajstić information content (AvgIpc) is 2.67. The highest BCUT2D eigenvalue weighted by atomic mass is 14.9. The van der Waals surface area contributed by atoms with Crippen molar-refractivity contribution < 1.29 is 0 Å². The van der Waals surface area contributed by atoms with Crippen LogP contribution in [0.15, 0.2) is 6.20 Å². The van der Waals surface area contributed by atoms with Gasteiger partial charge in [-0.2, -0.15) is 0 Å². The molecule has 0 aliphatic heterocycles. The van der Waals surface area contributed by atoms with Crippen LogP contribution in [0.3, 0.4) is 0 Å². The summed E-state index contributed by atoms with van der Waals surface area (Å²) < 4.78 is 0. The molecule has 1 aromatic heterocycles. The minimum Gasteiger partial charge on any atom is -0.345 e. The molecule has 2 heteroatoms. The third kappa shape index (κ3) is 3.10. The number of H-pyrrole nitrogens is 1. The number of imidazole rings is 1. The first-order valence-electron chi connectivity index (χ1n) is 6.56. The summed E-state index contributed by atoms with van der Waals surface area (Å²) in [6.07, 6.45) is 6.87. The predicted octanol–water partition coefficient (Wildman–Crippen LogP) is 4.39. The average molecular weight is 222 g/mol. The molecule has 1 unspecified atom stereocenters. The number of hydrogen-bond acceptors (Lipinski definition) is 1. The third-order valence-corrected chi connectivity index (χ3v) is 3.36. The molecule has 1 aromatic rings. The lowest BCUT2D eigenvalue weighted by atomic mass is 9.87. The van der Waals surface area contributed by atoms with Crippen molar-refractivity contribution in [3.05, 3.63) is 17.7 Å². The molecular formula is C14H26N2. The Bertz CT molecular complexity index is 312. The highest BCUT2D eigenvalue weighted by molar-refractivity contribution is 5.12. The van der Waals surface area contributed by atoms with Crippen molar-refractivity contribution in [2.75, 3.05) is 0 Å². The van der Waals surface area contributed by atoms with Crippen molar-refractivity contribution >= 4 is 0 Å². The smallest absolute Gasteiger partial charge is 0.111 e. The summed E-state index contributed by atoms with van der Waals surface area (Å²) in [7, 11) is 0. The maximum absolute atomic E-state index is 4.55. The lowest BCUT2D eigenvalue weighted by Crippen LogP contribution is -2.18. The Morgan fingerprint density at radius 2 is 2.00 bits per heavy atom. The number of hydrogen-bond donors (Lipinski definition) is 1. The largest absolute Gasteiger partial charge is 0.345 e. The van der Waals surface area contributed by atoms with Crippen LogP contribution in [0.2, 0.25) is 0 Å². The molecule has 0 aromatic carbocycles. The molecule has 0 aliphatic rings. The Hall–Kier alpha value is -0.790. The zero-order chi connectivity index (χ0) is 12.2. The summed E-state index contributed by atoms with van der Waals surface area (Å²) in [5, 5.41) is 0. The van der Waals surface area contributed by atoms with Crippen LogP contribution >= 0.6 is 0 Å². The topological polar surface area (TPSA) is 28.7 Å². The number of nitrogens with zero attached hydrogens (tertiary/aromatic N) is 1. The minimum atomic E-state index is 0.179. The molecule has 0 fully saturated rings. The predicted molar refractivity (Wildman–Crippen MR) is 69.8 cm³/mol. The molecule has 0 bridgehead atoms. The van der Waals surface area contributed by atoms with E-state index in [9.17, 15) is 0 Å². The van der Waals surface area contributed by atoms with E-state index in [0.717, 1.165) is 5.82 Å². The summed E-state index contributed by atoms with van der Waals surface area (Å²) >= 11 is 0. The second-order valence-electron chi connectivity index (χ2n) is 5.51. The van der Waals surface area contributed by atoms with Gasteiger partial charge >= 0.3 is 0 Å². The van der Waals surface area contributed by atoms with Gasteiger partial charge in [0.15, 0.2) is 0 Å². The van der Waals surface area contributed by atoms with E-state index in [2.05, 4.69) is 44.6 Å². The van der Waals surface area contributed by atoms with Crippen LogP contribution < -0.4 is 0 Å². The van der Waals surface area contributed by atoms with Crippen molar-refractivity contribution in [3.63, 3.8) is 0 Å². The van der Waals surface area contributed by atoms with Gasteiger partial charge in [-0.25, -0.2) is 4.98 Å². The van der Waals surface area contributed by atoms with Crippen molar-refractivity contribution in [2.45, 2.75) is 71.6 Å². The van der Waals surface area contributed by atoms with Gasteiger partial charge in [-0.05, 0) is 18.8 Å². The molecular weight excluding hydrogens is 196 g/mol. The molecule has 0 radical (unpaired) electrons. The maximum atomic E-state index is 4.55. The summed E-state index contributed by atoms with van der Waals surface area (Å²) in [4.78, 5) is 8.07. The number of aromatic nitrogens is 2. The molecule has 0 saturated carbocycles. The molecule has 1 atom stereocenters. The van der Waals surface area contributed by atoms with Crippen LogP contribution in [0.5, 0.6) is 0 Å². The van der Waals surface area contributed by atoms with E-state index in [0.29, 0.717) is 5.92 Å². The van der Waals surface area contributed by atoms with E-state index in [-0.39, 0.29) is 5.41 Å². The van der Waals surface area contributed by atoms with E-state index in [4.69, 9.17) is 0 Å². The monoisotopic (exact) mass is 222 g/mol. The van der Waals surface area contributed by atoms with Gasteiger partial charge in [0.2, 0.25) is 0 Å². The van der Waals surface area contributed by atoms with Gasteiger partial charge in [0.05, 0.1) is 0 Å². The van der Waals surface area contributed by atoms with E-state index in [1.165, 1.54) is 31.4 Å². The highest BCUT2D eigenvalue weighted by Crippen LogP contribution is 2.27. The zero-order valence-electron chi connectivity index (χ0n) is 11.4. The summed E-state index contributed by atoms with van der Waals surface area (Å²) in [6, 6.07) is 0. The molecule has 1 heterocycles. The second kappa shape index (κ2) is 5.51. The van der Waals surface area contributed by atoms with Gasteiger partial charge in [0.1, 0.15) is 5.82 Å². The summed E-state index contributed by atoms with van der Waals surface area (Å²) in [5.74, 6) is 1.75. The van der Waals surface area contributed by atoms with Crippen LogP contribution in [0.25, 0.3) is 0 Å². The van der Waals surface area contributed by atoms with Crippen LogP contribution in [0.4, 0.5) is 0 Å². The minimum absolute atomic E-state index is 0.179. The Morgan fingerprint density at radius 3 is 2.56 bits per heavy atom. The molecule has 1 rings (SSSR count). The van der Waals surface area contributed by atoms with Gasteiger partial charge in [0, 0.05) is 17.3 Å². The molecule has 0 spiro atoms. The van der Waals surface area contributed by atoms with Gasteiger partial charge in [-0.3, -0.25) is 0 Å². The van der Waals surface area contributed by atoms with E-state index < -0.39 is 0 Å². The fraction of sp³-hybridized carbons (Fsp3) is 0.786. The Balaban J connectivity index is 2.78. The molecule has 0 aliphatic carbocycles. The van der Waals surface area contributed by atoms with Crippen LogP contribution in [-0.4, -0.2) is 9.97 Å². The van der Waals surface area contributed by atoms with Crippen molar-refractivity contribution in [1.82, 2.24) is 9.97 Å². The van der Waals surface area contributed by atoms with Crippen molar-refractivity contribution in [3.8, 4) is 0 Å².